The molecule has 0 radical (unpaired) electrons. The molecule has 16 heavy (non-hydrogen) atoms. The van der Waals surface area contributed by atoms with E-state index >= 15 is 0 Å². The van der Waals surface area contributed by atoms with Crippen molar-refractivity contribution in [1.82, 2.24) is 0 Å². The number of methoxy groups -OCH3 is 1. The molecule has 0 aromatic heterocycles. The van der Waals surface area contributed by atoms with E-state index in [1.807, 2.05) is 6.07 Å². The largest absolute Gasteiger partial charge is 0.496 e. The SMILES string of the molecule is CCC(C#N)=C(Cl)c1c(F)cccc1OC. The maximum absolute atomic E-state index is 13.6. The summed E-state index contributed by atoms with van der Waals surface area (Å²) >= 11 is 6.00. The average molecular weight is 240 g/mol. The highest BCUT2D eigenvalue weighted by Gasteiger charge is 2.15. The zero-order valence-electron chi connectivity index (χ0n) is 9.05. The van der Waals surface area contributed by atoms with Gasteiger partial charge >= 0.3 is 0 Å². The molecule has 0 unspecified atom stereocenters. The van der Waals surface area contributed by atoms with E-state index in [4.69, 9.17) is 21.6 Å². The van der Waals surface area contributed by atoms with Gasteiger partial charge in [0.15, 0.2) is 0 Å². The molecule has 0 saturated heterocycles. The first-order valence-electron chi connectivity index (χ1n) is 4.77. The van der Waals surface area contributed by atoms with Crippen LogP contribution in [0.15, 0.2) is 23.8 Å². The summed E-state index contributed by atoms with van der Waals surface area (Å²) in [6, 6.07) is 6.37. The van der Waals surface area contributed by atoms with E-state index < -0.39 is 5.82 Å². The van der Waals surface area contributed by atoms with Gasteiger partial charge < -0.3 is 4.74 Å². The van der Waals surface area contributed by atoms with Gasteiger partial charge in [0.1, 0.15) is 11.6 Å². The van der Waals surface area contributed by atoms with Gasteiger partial charge in [-0.2, -0.15) is 5.26 Å². The van der Waals surface area contributed by atoms with Gasteiger partial charge in [0.05, 0.1) is 23.8 Å². The van der Waals surface area contributed by atoms with Crippen molar-refractivity contribution < 1.29 is 9.13 Å². The van der Waals surface area contributed by atoms with E-state index in [2.05, 4.69) is 0 Å². The van der Waals surface area contributed by atoms with E-state index in [0.29, 0.717) is 17.7 Å². The normalized spacial score (nSPS) is 11.7. The molecule has 0 fully saturated rings. The molecular formula is C12H11ClFNO. The van der Waals surface area contributed by atoms with Gasteiger partial charge in [0.25, 0.3) is 0 Å². The van der Waals surface area contributed by atoms with Gasteiger partial charge in [-0.3, -0.25) is 0 Å². The molecule has 0 N–H and O–H groups in total. The molecule has 2 nitrogen and oxygen atoms in total. The number of rotatable bonds is 3. The summed E-state index contributed by atoms with van der Waals surface area (Å²) in [6.45, 7) is 1.79. The Morgan fingerprint density at radius 3 is 2.75 bits per heavy atom. The smallest absolute Gasteiger partial charge is 0.135 e. The molecule has 84 valence electrons. The summed E-state index contributed by atoms with van der Waals surface area (Å²) in [6.07, 6.45) is 0.451. The fourth-order valence-electron chi connectivity index (χ4n) is 1.32. The van der Waals surface area contributed by atoms with Crippen molar-refractivity contribution in [2.45, 2.75) is 13.3 Å². The topological polar surface area (TPSA) is 33.0 Å². The molecule has 1 aromatic rings. The molecule has 4 heteroatoms. The number of nitriles is 1. The third-order valence-corrected chi connectivity index (χ3v) is 2.59. The van der Waals surface area contributed by atoms with Crippen molar-refractivity contribution >= 4 is 16.6 Å². The predicted octanol–water partition coefficient (Wildman–Crippen LogP) is 3.72. The molecule has 0 aliphatic heterocycles. The van der Waals surface area contributed by atoms with Crippen molar-refractivity contribution in [2.75, 3.05) is 7.11 Å². The predicted molar refractivity (Wildman–Crippen MR) is 61.6 cm³/mol. The van der Waals surface area contributed by atoms with Gasteiger partial charge in [-0.05, 0) is 18.6 Å². The first-order valence-corrected chi connectivity index (χ1v) is 5.15. The molecule has 0 aliphatic carbocycles. The van der Waals surface area contributed by atoms with Crippen LogP contribution in [0.4, 0.5) is 4.39 Å². The fourth-order valence-corrected chi connectivity index (χ4v) is 1.68. The van der Waals surface area contributed by atoms with Gasteiger partial charge in [-0.25, -0.2) is 4.39 Å². The highest BCUT2D eigenvalue weighted by atomic mass is 35.5. The van der Waals surface area contributed by atoms with Crippen LogP contribution in [-0.2, 0) is 0 Å². The van der Waals surface area contributed by atoms with Gasteiger partial charge in [0.2, 0.25) is 0 Å². The van der Waals surface area contributed by atoms with Gasteiger partial charge in [-0.15, -0.1) is 0 Å². The van der Waals surface area contributed by atoms with Crippen LogP contribution in [0, 0.1) is 17.1 Å². The van der Waals surface area contributed by atoms with Crippen LogP contribution in [0.1, 0.15) is 18.9 Å². The number of halogens is 2. The number of allylic oxidation sites excluding steroid dienone is 1. The van der Waals surface area contributed by atoms with Crippen molar-refractivity contribution in [1.29, 1.82) is 5.26 Å². The van der Waals surface area contributed by atoms with E-state index in [0.717, 1.165) is 0 Å². The fraction of sp³-hybridized carbons (Fsp3) is 0.250. The van der Waals surface area contributed by atoms with Crippen molar-refractivity contribution in [3.05, 3.63) is 35.2 Å². The molecule has 0 atom stereocenters. The summed E-state index contributed by atoms with van der Waals surface area (Å²) in [5, 5.41) is 8.97. The number of nitrogens with zero attached hydrogens (tertiary/aromatic N) is 1. The molecule has 0 spiro atoms. The minimum absolute atomic E-state index is 0.111. The summed E-state index contributed by atoms with van der Waals surface area (Å²) in [4.78, 5) is 0. The second-order valence-electron chi connectivity index (χ2n) is 3.07. The molecule has 0 aliphatic rings. The maximum Gasteiger partial charge on any atom is 0.135 e. The average Bonchev–Trinajstić information content (AvgIpc) is 2.29. The quantitative estimate of drug-likeness (QED) is 0.754. The first-order chi connectivity index (χ1) is 7.65. The first kappa shape index (κ1) is 12.5. The zero-order chi connectivity index (χ0) is 12.1. The van der Waals surface area contributed by atoms with Crippen LogP contribution in [0.25, 0.3) is 5.03 Å². The third-order valence-electron chi connectivity index (χ3n) is 2.17. The van der Waals surface area contributed by atoms with Crippen molar-refractivity contribution in [3.8, 4) is 11.8 Å². The molecule has 0 heterocycles. The summed E-state index contributed by atoms with van der Waals surface area (Å²) in [5.41, 5.74) is 0.482. The van der Waals surface area contributed by atoms with Crippen LogP contribution >= 0.6 is 11.6 Å². The number of hydrogen-bond donors (Lipinski definition) is 0. The van der Waals surface area contributed by atoms with Gasteiger partial charge in [-0.1, -0.05) is 24.6 Å². The summed E-state index contributed by atoms with van der Waals surface area (Å²) in [7, 11) is 1.43. The lowest BCUT2D eigenvalue weighted by molar-refractivity contribution is 0.410. The third kappa shape index (κ3) is 2.34. The second-order valence-corrected chi connectivity index (χ2v) is 3.45. The standard InChI is InChI=1S/C12H11ClFNO/c1-3-8(7-15)12(13)11-9(14)5-4-6-10(11)16-2/h4-6H,3H2,1-2H3. The van der Waals surface area contributed by atoms with Gasteiger partial charge in [0, 0.05) is 5.57 Å². The Kier molecular flexibility index (Phi) is 4.33. The molecule has 0 saturated carbocycles. The van der Waals surface area contributed by atoms with E-state index in [9.17, 15) is 4.39 Å². The minimum atomic E-state index is -0.495. The summed E-state index contributed by atoms with van der Waals surface area (Å²) in [5.74, 6) is -0.170. The lowest BCUT2D eigenvalue weighted by atomic mass is 10.1. The minimum Gasteiger partial charge on any atom is -0.496 e. The second kappa shape index (κ2) is 5.53. The number of hydrogen-bond acceptors (Lipinski definition) is 2. The Hall–Kier alpha value is -1.53. The Labute approximate surface area is 98.9 Å². The van der Waals surface area contributed by atoms with Crippen LogP contribution in [0.2, 0.25) is 0 Å². The molecule has 0 bridgehead atoms. The van der Waals surface area contributed by atoms with Crippen molar-refractivity contribution in [2.24, 2.45) is 0 Å². The maximum atomic E-state index is 13.6. The van der Waals surface area contributed by atoms with Crippen LogP contribution in [0.5, 0.6) is 5.75 Å². The lowest BCUT2D eigenvalue weighted by Gasteiger charge is -2.09. The number of benzene rings is 1. The number of ether oxygens (including phenoxy) is 1. The Morgan fingerprint density at radius 2 is 2.25 bits per heavy atom. The van der Waals surface area contributed by atoms with E-state index in [1.165, 1.54) is 19.2 Å². The highest BCUT2D eigenvalue weighted by Crippen LogP contribution is 2.33. The van der Waals surface area contributed by atoms with Crippen molar-refractivity contribution in [3.63, 3.8) is 0 Å². The Balaban J connectivity index is 3.44. The zero-order valence-corrected chi connectivity index (χ0v) is 9.81. The Morgan fingerprint density at radius 1 is 1.56 bits per heavy atom. The van der Waals surface area contributed by atoms with Crippen LogP contribution in [-0.4, -0.2) is 7.11 Å². The van der Waals surface area contributed by atoms with E-state index in [-0.39, 0.29) is 10.6 Å². The van der Waals surface area contributed by atoms with Crippen LogP contribution in [0.3, 0.4) is 0 Å². The molecule has 0 amide bonds. The van der Waals surface area contributed by atoms with E-state index in [1.54, 1.807) is 13.0 Å². The molecular weight excluding hydrogens is 229 g/mol. The Bertz CT molecular complexity index is 463. The van der Waals surface area contributed by atoms with Crippen LogP contribution < -0.4 is 4.74 Å². The monoisotopic (exact) mass is 239 g/mol. The highest BCUT2D eigenvalue weighted by molar-refractivity contribution is 6.49. The molecule has 1 rings (SSSR count). The summed E-state index contributed by atoms with van der Waals surface area (Å²) < 4.78 is 18.6. The lowest BCUT2D eigenvalue weighted by Crippen LogP contribution is -1.94. The molecule has 1 aromatic carbocycles.